The van der Waals surface area contributed by atoms with E-state index in [-0.39, 0.29) is 23.1 Å². The number of para-hydroxylation sites is 1. The van der Waals surface area contributed by atoms with E-state index in [2.05, 4.69) is 10.6 Å². The van der Waals surface area contributed by atoms with E-state index in [4.69, 9.17) is 0 Å². The quantitative estimate of drug-likeness (QED) is 0.700. The lowest BCUT2D eigenvalue weighted by atomic mass is 10.1. The first kappa shape index (κ1) is 19.3. The predicted octanol–water partition coefficient (Wildman–Crippen LogP) is 5.03. The molecule has 1 aliphatic rings. The summed E-state index contributed by atoms with van der Waals surface area (Å²) in [5.41, 5.74) is -0.688. The summed E-state index contributed by atoms with van der Waals surface area (Å²) in [6.45, 7) is 0. The molecule has 2 amide bonds. The first-order valence-corrected chi connectivity index (χ1v) is 9.48. The van der Waals surface area contributed by atoms with Crippen molar-refractivity contribution in [2.24, 2.45) is 5.92 Å². The van der Waals surface area contributed by atoms with Crippen LogP contribution in [0.1, 0.15) is 28.8 Å². The normalized spacial score (nSPS) is 13.9. The topological polar surface area (TPSA) is 58.2 Å². The van der Waals surface area contributed by atoms with Crippen molar-refractivity contribution in [3.63, 3.8) is 0 Å². The molecule has 142 valence electrons. The Morgan fingerprint density at radius 3 is 2.41 bits per heavy atom. The van der Waals surface area contributed by atoms with Gasteiger partial charge in [0.2, 0.25) is 5.91 Å². The van der Waals surface area contributed by atoms with Crippen molar-refractivity contribution >= 4 is 35.0 Å². The molecule has 0 spiro atoms. The van der Waals surface area contributed by atoms with Gasteiger partial charge in [-0.3, -0.25) is 9.59 Å². The molecular weight excluding hydrogens is 377 g/mol. The van der Waals surface area contributed by atoms with Crippen molar-refractivity contribution in [2.75, 3.05) is 16.9 Å². The molecule has 4 nitrogen and oxygen atoms in total. The molecule has 0 atom stereocenters. The second-order valence-electron chi connectivity index (χ2n) is 6.21. The Balaban J connectivity index is 1.90. The third-order valence-electron chi connectivity index (χ3n) is 4.09. The van der Waals surface area contributed by atoms with E-state index in [0.29, 0.717) is 5.69 Å². The molecule has 1 saturated carbocycles. The van der Waals surface area contributed by atoms with Crippen LogP contribution in [0.2, 0.25) is 0 Å². The molecular formula is C19H17F3N2O2S. The highest BCUT2D eigenvalue weighted by molar-refractivity contribution is 7.98. The highest BCUT2D eigenvalue weighted by Gasteiger charge is 2.33. The molecule has 0 aliphatic heterocycles. The number of benzene rings is 2. The van der Waals surface area contributed by atoms with Crippen molar-refractivity contribution in [1.29, 1.82) is 0 Å². The average molecular weight is 394 g/mol. The lowest BCUT2D eigenvalue weighted by Crippen LogP contribution is -2.18. The Hall–Kier alpha value is -2.48. The Morgan fingerprint density at radius 2 is 1.78 bits per heavy atom. The monoisotopic (exact) mass is 394 g/mol. The second-order valence-corrected chi connectivity index (χ2v) is 7.06. The van der Waals surface area contributed by atoms with E-state index in [1.54, 1.807) is 24.3 Å². The fraction of sp³-hybridized carbons (Fsp3) is 0.263. The SMILES string of the molecule is CSc1ccccc1NC(=O)c1cc(NC(=O)C2CC2)cc(C(F)(F)F)c1. The lowest BCUT2D eigenvalue weighted by Gasteiger charge is -2.14. The highest BCUT2D eigenvalue weighted by Crippen LogP contribution is 2.34. The van der Waals surface area contributed by atoms with Gasteiger partial charge in [-0.1, -0.05) is 12.1 Å². The predicted molar refractivity (Wildman–Crippen MR) is 99.0 cm³/mol. The zero-order valence-corrected chi connectivity index (χ0v) is 15.2. The molecule has 0 heterocycles. The summed E-state index contributed by atoms with van der Waals surface area (Å²) in [6.07, 6.45) is -1.35. The van der Waals surface area contributed by atoms with Crippen LogP contribution in [-0.2, 0) is 11.0 Å². The van der Waals surface area contributed by atoms with Gasteiger partial charge in [-0.05, 0) is 49.4 Å². The molecule has 2 aromatic rings. The van der Waals surface area contributed by atoms with Crippen LogP contribution in [0.5, 0.6) is 0 Å². The Kier molecular flexibility index (Phi) is 5.46. The Bertz CT molecular complexity index is 879. The summed E-state index contributed by atoms with van der Waals surface area (Å²) < 4.78 is 39.7. The molecule has 1 aliphatic carbocycles. The molecule has 0 saturated heterocycles. The molecule has 2 aromatic carbocycles. The maximum absolute atomic E-state index is 13.2. The van der Waals surface area contributed by atoms with Crippen LogP contribution >= 0.6 is 11.8 Å². The molecule has 1 fully saturated rings. The number of rotatable bonds is 5. The number of carbonyl (C=O) groups is 2. The number of amides is 2. The van der Waals surface area contributed by atoms with Crippen molar-refractivity contribution in [3.8, 4) is 0 Å². The number of nitrogens with one attached hydrogen (secondary N) is 2. The van der Waals surface area contributed by atoms with E-state index >= 15 is 0 Å². The minimum absolute atomic E-state index is 0.0370. The van der Waals surface area contributed by atoms with Gasteiger partial charge in [-0.15, -0.1) is 11.8 Å². The third-order valence-corrected chi connectivity index (χ3v) is 4.89. The van der Waals surface area contributed by atoms with Crippen molar-refractivity contribution in [2.45, 2.75) is 23.9 Å². The van der Waals surface area contributed by atoms with Crippen molar-refractivity contribution < 1.29 is 22.8 Å². The molecule has 27 heavy (non-hydrogen) atoms. The van der Waals surface area contributed by atoms with E-state index < -0.39 is 17.6 Å². The summed E-state index contributed by atoms with van der Waals surface area (Å²) in [5, 5.41) is 5.11. The molecule has 0 radical (unpaired) electrons. The van der Waals surface area contributed by atoms with E-state index in [1.165, 1.54) is 17.8 Å². The average Bonchev–Trinajstić information content (AvgIpc) is 3.46. The van der Waals surface area contributed by atoms with Crippen molar-refractivity contribution in [3.05, 3.63) is 53.6 Å². The fourth-order valence-electron chi connectivity index (χ4n) is 2.53. The molecule has 8 heteroatoms. The zero-order chi connectivity index (χ0) is 19.6. The third kappa shape index (κ3) is 4.82. The van der Waals surface area contributed by atoms with Gasteiger partial charge in [-0.2, -0.15) is 13.2 Å². The Labute approximate surface area is 158 Å². The van der Waals surface area contributed by atoms with Gasteiger partial charge in [0.15, 0.2) is 0 Å². The summed E-state index contributed by atoms with van der Waals surface area (Å²) >= 11 is 1.41. The summed E-state index contributed by atoms with van der Waals surface area (Å²) in [5.74, 6) is -1.16. The van der Waals surface area contributed by atoms with Gasteiger partial charge >= 0.3 is 6.18 Å². The molecule has 0 aromatic heterocycles. The van der Waals surface area contributed by atoms with Crippen LogP contribution in [0.3, 0.4) is 0 Å². The number of carbonyl (C=O) groups excluding carboxylic acids is 2. The van der Waals surface area contributed by atoms with Crippen LogP contribution in [0.15, 0.2) is 47.4 Å². The number of anilines is 2. The maximum Gasteiger partial charge on any atom is 0.416 e. The summed E-state index contributed by atoms with van der Waals surface area (Å²) in [4.78, 5) is 25.2. The number of hydrogen-bond acceptors (Lipinski definition) is 3. The molecule has 2 N–H and O–H groups in total. The van der Waals surface area contributed by atoms with Crippen LogP contribution in [0.4, 0.5) is 24.5 Å². The van der Waals surface area contributed by atoms with Gasteiger partial charge in [0, 0.05) is 22.1 Å². The largest absolute Gasteiger partial charge is 0.416 e. The fourth-order valence-corrected chi connectivity index (χ4v) is 3.08. The summed E-state index contributed by atoms with van der Waals surface area (Å²) in [6, 6.07) is 9.88. The van der Waals surface area contributed by atoms with Crippen LogP contribution < -0.4 is 10.6 Å². The van der Waals surface area contributed by atoms with Crippen LogP contribution in [0, 0.1) is 5.92 Å². The van der Waals surface area contributed by atoms with Crippen LogP contribution in [-0.4, -0.2) is 18.1 Å². The molecule has 3 rings (SSSR count). The highest BCUT2D eigenvalue weighted by atomic mass is 32.2. The van der Waals surface area contributed by atoms with Gasteiger partial charge < -0.3 is 10.6 Å². The van der Waals surface area contributed by atoms with Gasteiger partial charge in [0.25, 0.3) is 5.91 Å². The number of hydrogen-bond donors (Lipinski definition) is 2. The zero-order valence-electron chi connectivity index (χ0n) is 14.4. The van der Waals surface area contributed by atoms with Gasteiger partial charge in [-0.25, -0.2) is 0 Å². The second kappa shape index (κ2) is 7.64. The smallest absolute Gasteiger partial charge is 0.326 e. The van der Waals surface area contributed by atoms with Gasteiger partial charge in [0.1, 0.15) is 0 Å². The first-order chi connectivity index (χ1) is 12.8. The van der Waals surface area contributed by atoms with Gasteiger partial charge in [0.05, 0.1) is 11.3 Å². The molecule has 0 bridgehead atoms. The summed E-state index contributed by atoms with van der Waals surface area (Å²) in [7, 11) is 0. The first-order valence-electron chi connectivity index (χ1n) is 8.25. The number of thioether (sulfide) groups is 1. The Morgan fingerprint density at radius 1 is 1.07 bits per heavy atom. The van der Waals surface area contributed by atoms with Crippen molar-refractivity contribution in [1.82, 2.24) is 0 Å². The number of halogens is 3. The van der Waals surface area contributed by atoms with Crippen LogP contribution in [0.25, 0.3) is 0 Å². The van der Waals surface area contributed by atoms with E-state index in [1.807, 2.05) is 6.26 Å². The minimum atomic E-state index is -4.63. The maximum atomic E-state index is 13.2. The molecule has 0 unspecified atom stereocenters. The van der Waals surface area contributed by atoms with E-state index in [9.17, 15) is 22.8 Å². The van der Waals surface area contributed by atoms with E-state index in [0.717, 1.165) is 29.9 Å². The number of alkyl halides is 3. The standard InChI is InChI=1S/C19H17F3N2O2S/c1-27-16-5-3-2-4-15(16)24-18(26)12-8-13(19(20,21)22)10-14(9-12)23-17(25)11-6-7-11/h2-5,8-11H,6-7H2,1H3,(H,23,25)(H,24,26). The lowest BCUT2D eigenvalue weighted by molar-refractivity contribution is -0.137. The minimum Gasteiger partial charge on any atom is -0.326 e.